The van der Waals surface area contributed by atoms with Gasteiger partial charge in [-0.25, -0.2) is 18.3 Å². The van der Waals surface area contributed by atoms with Gasteiger partial charge in [0.15, 0.2) is 17.3 Å². The van der Waals surface area contributed by atoms with Crippen LogP contribution in [0, 0.1) is 31.4 Å². The van der Waals surface area contributed by atoms with Crippen LogP contribution in [0.25, 0.3) is 5.65 Å². The quantitative estimate of drug-likeness (QED) is 0.570. The molecule has 2 heterocycles. The minimum Gasteiger partial charge on any atom is -0.349 e. The molecule has 1 fully saturated rings. The van der Waals surface area contributed by atoms with Crippen LogP contribution in [0.3, 0.4) is 0 Å². The Morgan fingerprint density at radius 2 is 1.78 bits per heavy atom. The Balaban J connectivity index is 1.35. The molecule has 0 spiro atoms. The molecule has 2 amide bonds. The van der Waals surface area contributed by atoms with Gasteiger partial charge in [-0.2, -0.15) is 5.10 Å². The molecule has 1 saturated carbocycles. The smallest absolute Gasteiger partial charge is 0.256 e. The van der Waals surface area contributed by atoms with E-state index in [9.17, 15) is 18.4 Å². The van der Waals surface area contributed by atoms with E-state index in [4.69, 9.17) is 11.6 Å². The van der Waals surface area contributed by atoms with Crippen LogP contribution in [-0.4, -0.2) is 32.5 Å². The summed E-state index contributed by atoms with van der Waals surface area (Å²) in [6.45, 7) is 3.76. The number of nitrogens with zero attached hydrogens (tertiary/aromatic N) is 3. The fourth-order valence-electron chi connectivity index (χ4n) is 4.05. The minimum atomic E-state index is -1.08. The third-order valence-electron chi connectivity index (χ3n) is 5.72. The van der Waals surface area contributed by atoms with Gasteiger partial charge in [0.2, 0.25) is 5.91 Å². The van der Waals surface area contributed by atoms with E-state index in [2.05, 4.69) is 20.7 Å². The molecule has 0 atom stereocenters. The van der Waals surface area contributed by atoms with Crippen molar-refractivity contribution in [2.45, 2.75) is 45.6 Å². The molecule has 0 unspecified atom stereocenters. The van der Waals surface area contributed by atoms with Crippen LogP contribution in [0.4, 0.5) is 14.5 Å². The van der Waals surface area contributed by atoms with Crippen molar-refractivity contribution in [2.24, 2.45) is 5.92 Å². The Morgan fingerprint density at radius 1 is 1.09 bits per heavy atom. The number of nitrogens with one attached hydrogen (secondary N) is 2. The minimum absolute atomic E-state index is 0.0390. The SMILES string of the molecule is Cc1cc(C)n2ncc(C(=O)NC3CCC(C(=O)Nc4cc(F)c(F)cc4Cl)CC3)c2n1. The third kappa shape index (κ3) is 4.43. The lowest BCUT2D eigenvalue weighted by Gasteiger charge is -2.28. The summed E-state index contributed by atoms with van der Waals surface area (Å²) >= 11 is 5.89. The van der Waals surface area contributed by atoms with E-state index in [0.29, 0.717) is 36.9 Å². The second-order valence-corrected chi connectivity index (χ2v) is 8.50. The summed E-state index contributed by atoms with van der Waals surface area (Å²) < 4.78 is 28.3. The normalized spacial score (nSPS) is 18.5. The molecular weight excluding hydrogens is 440 g/mol. The van der Waals surface area contributed by atoms with Gasteiger partial charge in [-0.05, 0) is 51.7 Å². The number of aryl methyl sites for hydroxylation is 2. The molecular formula is C22H22ClF2N5O2. The topological polar surface area (TPSA) is 88.4 Å². The fraction of sp³-hybridized carbons (Fsp3) is 0.364. The first-order chi connectivity index (χ1) is 15.2. The van der Waals surface area contributed by atoms with E-state index in [-0.39, 0.29) is 34.5 Å². The third-order valence-corrected chi connectivity index (χ3v) is 6.04. The van der Waals surface area contributed by atoms with E-state index in [1.54, 1.807) is 4.52 Å². The van der Waals surface area contributed by atoms with Gasteiger partial charge >= 0.3 is 0 Å². The summed E-state index contributed by atoms with van der Waals surface area (Å²) in [4.78, 5) is 29.8. The molecule has 0 aliphatic heterocycles. The van der Waals surface area contributed by atoms with Crippen LogP contribution in [0.1, 0.15) is 47.4 Å². The first-order valence-corrected chi connectivity index (χ1v) is 10.7. The second kappa shape index (κ2) is 8.82. The van der Waals surface area contributed by atoms with Gasteiger partial charge in [0.25, 0.3) is 5.91 Å². The summed E-state index contributed by atoms with van der Waals surface area (Å²) in [5.41, 5.74) is 2.65. The first-order valence-electron chi connectivity index (χ1n) is 10.3. The fourth-order valence-corrected chi connectivity index (χ4v) is 4.24. The summed E-state index contributed by atoms with van der Waals surface area (Å²) in [6.07, 6.45) is 3.82. The van der Waals surface area contributed by atoms with E-state index in [1.807, 2.05) is 19.9 Å². The van der Waals surface area contributed by atoms with Gasteiger partial charge in [0, 0.05) is 29.4 Å². The van der Waals surface area contributed by atoms with E-state index in [1.165, 1.54) is 6.20 Å². The number of fused-ring (bicyclic) bond motifs is 1. The molecule has 2 N–H and O–H groups in total. The second-order valence-electron chi connectivity index (χ2n) is 8.09. The highest BCUT2D eigenvalue weighted by Gasteiger charge is 2.28. The van der Waals surface area contributed by atoms with Gasteiger partial charge in [-0.1, -0.05) is 11.6 Å². The zero-order valence-corrected chi connectivity index (χ0v) is 18.3. The lowest BCUT2D eigenvalue weighted by Crippen LogP contribution is -2.39. The van der Waals surface area contributed by atoms with Crippen molar-refractivity contribution in [3.63, 3.8) is 0 Å². The van der Waals surface area contributed by atoms with E-state index < -0.39 is 11.6 Å². The Kier molecular flexibility index (Phi) is 6.10. The highest BCUT2D eigenvalue weighted by Crippen LogP contribution is 2.29. The van der Waals surface area contributed by atoms with Crippen molar-refractivity contribution in [3.8, 4) is 0 Å². The number of aromatic nitrogens is 3. The first kappa shape index (κ1) is 22.1. The molecule has 168 valence electrons. The van der Waals surface area contributed by atoms with Crippen molar-refractivity contribution >= 4 is 34.7 Å². The summed E-state index contributed by atoms with van der Waals surface area (Å²) in [5.74, 6) is -3.02. The zero-order valence-electron chi connectivity index (χ0n) is 17.6. The Bertz CT molecular complexity index is 1200. The van der Waals surface area contributed by atoms with Crippen LogP contribution in [0.15, 0.2) is 24.4 Å². The average molecular weight is 462 g/mol. The standard InChI is InChI=1S/C22H22ClF2N5O2/c1-11-7-12(2)30-20(27-11)15(10-26-30)22(32)28-14-5-3-13(4-6-14)21(31)29-19-9-18(25)17(24)8-16(19)23/h7-10,13-14H,3-6H2,1-2H3,(H,28,32)(H,29,31). The number of carbonyl (C=O) groups is 2. The molecule has 4 rings (SSSR count). The van der Waals surface area contributed by atoms with E-state index in [0.717, 1.165) is 23.5 Å². The van der Waals surface area contributed by atoms with Crippen LogP contribution in [0.2, 0.25) is 5.02 Å². The van der Waals surface area contributed by atoms with Crippen molar-refractivity contribution in [1.29, 1.82) is 0 Å². The Morgan fingerprint density at radius 3 is 2.50 bits per heavy atom. The lowest BCUT2D eigenvalue weighted by molar-refractivity contribution is -0.120. The Labute approximate surface area is 188 Å². The Hall–Kier alpha value is -3.07. The number of halogens is 3. The maximum atomic E-state index is 13.4. The highest BCUT2D eigenvalue weighted by molar-refractivity contribution is 6.33. The van der Waals surface area contributed by atoms with Gasteiger partial charge in [-0.3, -0.25) is 9.59 Å². The number of hydrogen-bond acceptors (Lipinski definition) is 4. The molecule has 7 nitrogen and oxygen atoms in total. The van der Waals surface area contributed by atoms with Gasteiger partial charge < -0.3 is 10.6 Å². The largest absolute Gasteiger partial charge is 0.349 e. The predicted molar refractivity (Wildman–Crippen MR) is 116 cm³/mol. The monoisotopic (exact) mass is 461 g/mol. The summed E-state index contributed by atoms with van der Waals surface area (Å²) in [7, 11) is 0. The number of hydrogen-bond donors (Lipinski definition) is 2. The number of rotatable bonds is 4. The molecule has 1 aliphatic rings. The van der Waals surface area contributed by atoms with Gasteiger partial charge in [-0.15, -0.1) is 0 Å². The summed E-state index contributed by atoms with van der Waals surface area (Å²) in [5, 5.41) is 9.76. The van der Waals surface area contributed by atoms with E-state index >= 15 is 0 Å². The average Bonchev–Trinajstić information content (AvgIpc) is 3.16. The molecule has 2 aromatic heterocycles. The van der Waals surface area contributed by atoms with Crippen LogP contribution < -0.4 is 10.6 Å². The van der Waals surface area contributed by atoms with Crippen molar-refractivity contribution in [2.75, 3.05) is 5.32 Å². The van der Waals surface area contributed by atoms with Crippen LogP contribution in [-0.2, 0) is 4.79 Å². The molecule has 32 heavy (non-hydrogen) atoms. The van der Waals surface area contributed by atoms with Crippen molar-refractivity contribution in [1.82, 2.24) is 19.9 Å². The maximum absolute atomic E-state index is 13.4. The summed E-state index contributed by atoms with van der Waals surface area (Å²) in [6, 6.07) is 3.51. The number of anilines is 1. The van der Waals surface area contributed by atoms with Gasteiger partial charge in [0.1, 0.15) is 5.56 Å². The van der Waals surface area contributed by atoms with Crippen molar-refractivity contribution in [3.05, 3.63) is 58.0 Å². The molecule has 0 bridgehead atoms. The predicted octanol–water partition coefficient (Wildman–Crippen LogP) is 4.21. The number of amides is 2. The zero-order chi connectivity index (χ0) is 23.0. The number of benzene rings is 1. The molecule has 1 aliphatic carbocycles. The molecule has 0 saturated heterocycles. The van der Waals surface area contributed by atoms with Crippen molar-refractivity contribution < 1.29 is 18.4 Å². The van der Waals surface area contributed by atoms with Gasteiger partial charge in [0.05, 0.1) is 16.9 Å². The maximum Gasteiger partial charge on any atom is 0.256 e. The molecule has 0 radical (unpaired) electrons. The molecule has 10 heteroatoms. The lowest BCUT2D eigenvalue weighted by atomic mass is 9.85. The molecule has 3 aromatic rings. The number of carbonyl (C=O) groups excluding carboxylic acids is 2. The van der Waals surface area contributed by atoms with Crippen LogP contribution >= 0.6 is 11.6 Å². The molecule has 1 aromatic carbocycles. The highest BCUT2D eigenvalue weighted by atomic mass is 35.5. The van der Waals surface area contributed by atoms with Crippen LogP contribution in [0.5, 0.6) is 0 Å².